The summed E-state index contributed by atoms with van der Waals surface area (Å²) in [7, 11) is 0. The van der Waals surface area contributed by atoms with E-state index >= 15 is 0 Å². The lowest BCUT2D eigenvalue weighted by Crippen LogP contribution is -2.08. The van der Waals surface area contributed by atoms with Gasteiger partial charge in [0.2, 0.25) is 5.95 Å². The summed E-state index contributed by atoms with van der Waals surface area (Å²) < 4.78 is 5.89. The first-order valence-corrected chi connectivity index (χ1v) is 10.7. The van der Waals surface area contributed by atoms with Gasteiger partial charge in [0.15, 0.2) is 0 Å². The van der Waals surface area contributed by atoms with Crippen LogP contribution in [0.5, 0.6) is 5.75 Å². The van der Waals surface area contributed by atoms with E-state index in [2.05, 4.69) is 41.7 Å². The largest absolute Gasteiger partial charge is 0.492 e. The fourth-order valence-corrected chi connectivity index (χ4v) is 4.50. The Kier molecular flexibility index (Phi) is 5.06. The first kappa shape index (κ1) is 18.6. The first-order valence-electron chi connectivity index (χ1n) is 10.7. The minimum atomic E-state index is 0.319. The van der Waals surface area contributed by atoms with Crippen LogP contribution in [0.1, 0.15) is 59.7 Å². The molecular formula is C25H24N4O. The lowest BCUT2D eigenvalue weighted by atomic mass is 9.96. The highest BCUT2D eigenvalue weighted by Gasteiger charge is 2.29. The summed E-state index contributed by atoms with van der Waals surface area (Å²) in [5.41, 5.74) is 6.38. The van der Waals surface area contributed by atoms with Gasteiger partial charge in [-0.25, -0.2) is 9.97 Å². The number of nitriles is 1. The maximum atomic E-state index is 9.38. The average molecular weight is 396 g/mol. The van der Waals surface area contributed by atoms with Crippen LogP contribution in [0.2, 0.25) is 0 Å². The zero-order chi connectivity index (χ0) is 20.3. The van der Waals surface area contributed by atoms with Crippen LogP contribution < -0.4 is 10.1 Å². The van der Waals surface area contributed by atoms with E-state index in [1.54, 1.807) is 6.07 Å². The maximum absolute atomic E-state index is 9.38. The van der Waals surface area contributed by atoms with Gasteiger partial charge in [0.1, 0.15) is 11.8 Å². The molecule has 3 aromatic rings. The van der Waals surface area contributed by atoms with Crippen molar-refractivity contribution in [3.8, 4) is 11.8 Å². The Morgan fingerprint density at radius 3 is 2.77 bits per heavy atom. The molecule has 1 aliphatic heterocycles. The topological polar surface area (TPSA) is 70.8 Å². The number of anilines is 2. The summed E-state index contributed by atoms with van der Waals surface area (Å²) in [5.74, 6) is 1.56. The Morgan fingerprint density at radius 2 is 1.90 bits per heavy atom. The number of nitrogens with zero attached hydrogens (tertiary/aromatic N) is 3. The molecule has 5 nitrogen and oxygen atoms in total. The number of benzene rings is 2. The summed E-state index contributed by atoms with van der Waals surface area (Å²) >= 11 is 0. The molecule has 30 heavy (non-hydrogen) atoms. The Morgan fingerprint density at radius 1 is 1.00 bits per heavy atom. The summed E-state index contributed by atoms with van der Waals surface area (Å²) in [4.78, 5) is 9.86. The number of aryl methyl sites for hydroxylation is 1. The number of hydrogen-bond donors (Lipinski definition) is 1. The minimum absolute atomic E-state index is 0.319. The SMILES string of the molecule is N#Cc1ccc2cc1OCCCCCc1nc(nc3c1CCC3c1ccccc1)N2. The second kappa shape index (κ2) is 8.16. The molecule has 0 spiro atoms. The summed E-state index contributed by atoms with van der Waals surface area (Å²) in [6.07, 6.45) is 6.20. The zero-order valence-corrected chi connectivity index (χ0v) is 16.9. The van der Waals surface area contributed by atoms with Gasteiger partial charge >= 0.3 is 0 Å². The molecule has 0 amide bonds. The van der Waals surface area contributed by atoms with Crippen molar-refractivity contribution in [2.75, 3.05) is 11.9 Å². The quantitative estimate of drug-likeness (QED) is 0.606. The van der Waals surface area contributed by atoms with Crippen molar-refractivity contribution in [2.24, 2.45) is 0 Å². The normalized spacial score (nSPS) is 17.9. The minimum Gasteiger partial charge on any atom is -0.492 e. The van der Waals surface area contributed by atoms with E-state index in [1.807, 2.05) is 12.1 Å². The van der Waals surface area contributed by atoms with Crippen LogP contribution in [0.4, 0.5) is 11.6 Å². The van der Waals surface area contributed by atoms with Gasteiger partial charge in [-0.05, 0) is 61.8 Å². The van der Waals surface area contributed by atoms with Crippen molar-refractivity contribution < 1.29 is 4.74 Å². The van der Waals surface area contributed by atoms with Crippen molar-refractivity contribution in [3.63, 3.8) is 0 Å². The molecule has 150 valence electrons. The molecule has 1 N–H and O–H groups in total. The van der Waals surface area contributed by atoms with Gasteiger partial charge in [0, 0.05) is 23.4 Å². The average Bonchev–Trinajstić information content (AvgIpc) is 3.20. The maximum Gasteiger partial charge on any atom is 0.227 e. The highest BCUT2D eigenvalue weighted by Crippen LogP contribution is 2.39. The highest BCUT2D eigenvalue weighted by atomic mass is 16.5. The Labute approximate surface area is 176 Å². The zero-order valence-electron chi connectivity index (χ0n) is 16.9. The predicted molar refractivity (Wildman–Crippen MR) is 116 cm³/mol. The lowest BCUT2D eigenvalue weighted by Gasteiger charge is -2.15. The fraction of sp³-hybridized carbons (Fsp3) is 0.320. The fourth-order valence-electron chi connectivity index (χ4n) is 4.50. The van der Waals surface area contributed by atoms with E-state index < -0.39 is 0 Å². The number of ether oxygens (including phenoxy) is 1. The van der Waals surface area contributed by atoms with E-state index in [9.17, 15) is 5.26 Å². The molecule has 2 heterocycles. The first-order chi connectivity index (χ1) is 14.8. The second-order valence-corrected chi connectivity index (χ2v) is 7.97. The van der Waals surface area contributed by atoms with Crippen molar-refractivity contribution in [1.82, 2.24) is 9.97 Å². The van der Waals surface area contributed by atoms with Crippen LogP contribution in [0.3, 0.4) is 0 Å². The molecule has 5 heteroatoms. The van der Waals surface area contributed by atoms with E-state index in [-0.39, 0.29) is 0 Å². The molecule has 1 aromatic heterocycles. The van der Waals surface area contributed by atoms with Gasteiger partial charge < -0.3 is 10.1 Å². The van der Waals surface area contributed by atoms with Gasteiger partial charge in [0.25, 0.3) is 0 Å². The molecule has 1 unspecified atom stereocenters. The number of fused-ring (bicyclic) bond motifs is 6. The summed E-state index contributed by atoms with van der Waals surface area (Å²) in [5, 5.41) is 12.7. The van der Waals surface area contributed by atoms with Crippen LogP contribution in [0.25, 0.3) is 0 Å². The van der Waals surface area contributed by atoms with Gasteiger partial charge in [-0.15, -0.1) is 0 Å². The Balaban J connectivity index is 1.57. The molecule has 1 aliphatic carbocycles. The molecule has 4 bridgehead atoms. The molecule has 2 aromatic carbocycles. The highest BCUT2D eigenvalue weighted by molar-refractivity contribution is 5.61. The van der Waals surface area contributed by atoms with Crippen molar-refractivity contribution in [3.05, 3.63) is 76.6 Å². The monoisotopic (exact) mass is 396 g/mol. The van der Waals surface area contributed by atoms with Crippen LogP contribution >= 0.6 is 0 Å². The third kappa shape index (κ3) is 3.61. The number of aromatic nitrogens is 2. The molecule has 0 saturated heterocycles. The van der Waals surface area contributed by atoms with Crippen molar-refractivity contribution in [1.29, 1.82) is 5.26 Å². The van der Waals surface area contributed by atoms with E-state index in [0.29, 0.717) is 29.8 Å². The third-order valence-corrected chi connectivity index (χ3v) is 6.01. The van der Waals surface area contributed by atoms with Gasteiger partial charge in [-0.3, -0.25) is 0 Å². The van der Waals surface area contributed by atoms with Crippen LogP contribution in [0.15, 0.2) is 48.5 Å². The molecule has 0 fully saturated rings. The number of nitrogens with one attached hydrogen (secondary N) is 1. The molecule has 0 radical (unpaired) electrons. The summed E-state index contributed by atoms with van der Waals surface area (Å²) in [6.45, 7) is 0.621. The predicted octanol–water partition coefficient (Wildman–Crippen LogP) is 5.28. The Bertz CT molecular complexity index is 1100. The van der Waals surface area contributed by atoms with E-state index in [1.165, 1.54) is 16.8 Å². The molecule has 2 aliphatic rings. The molecule has 0 saturated carbocycles. The van der Waals surface area contributed by atoms with E-state index in [4.69, 9.17) is 14.7 Å². The lowest BCUT2D eigenvalue weighted by molar-refractivity contribution is 0.304. The van der Waals surface area contributed by atoms with Crippen LogP contribution in [-0.2, 0) is 12.8 Å². The van der Waals surface area contributed by atoms with E-state index in [0.717, 1.165) is 49.9 Å². The van der Waals surface area contributed by atoms with Gasteiger partial charge in [0.05, 0.1) is 17.9 Å². The standard InChI is InChI=1S/C25H24N4O/c26-16-18-10-11-19-15-23(18)30-14-6-2-5-9-22-21-13-12-20(17-7-3-1-4-8-17)24(21)29-25(27-19)28-22/h1,3-4,7-8,10-11,15,20H,2,5-6,9,12-14H2,(H,27,28,29). The van der Waals surface area contributed by atoms with Crippen LogP contribution in [0, 0.1) is 11.3 Å². The molecule has 5 rings (SSSR count). The Hall–Kier alpha value is -3.39. The number of hydrogen-bond acceptors (Lipinski definition) is 5. The van der Waals surface area contributed by atoms with Crippen molar-refractivity contribution >= 4 is 11.6 Å². The number of rotatable bonds is 1. The van der Waals surface area contributed by atoms with Gasteiger partial charge in [-0.1, -0.05) is 30.3 Å². The third-order valence-electron chi connectivity index (χ3n) is 6.01. The smallest absolute Gasteiger partial charge is 0.227 e. The molecule has 1 atom stereocenters. The van der Waals surface area contributed by atoms with Crippen LogP contribution in [-0.4, -0.2) is 16.6 Å². The molecular weight excluding hydrogens is 372 g/mol. The van der Waals surface area contributed by atoms with Crippen molar-refractivity contribution in [2.45, 2.75) is 44.4 Å². The summed E-state index contributed by atoms with van der Waals surface area (Å²) in [6, 6.07) is 18.4. The van der Waals surface area contributed by atoms with Gasteiger partial charge in [-0.2, -0.15) is 5.26 Å². The second-order valence-electron chi connectivity index (χ2n) is 7.97.